The number of carboxylic acids is 1. The van der Waals surface area contributed by atoms with Gasteiger partial charge in [-0.05, 0) is 17.7 Å². The molecule has 4 N–H and O–H groups in total. The number of aliphatic hydroxyl groups excluding tert-OH is 3. The van der Waals surface area contributed by atoms with Gasteiger partial charge in [0.2, 0.25) is 0 Å². The Morgan fingerprint density at radius 3 is 2.58 bits per heavy atom. The van der Waals surface area contributed by atoms with Crippen LogP contribution >= 0.6 is 11.6 Å². The molecule has 0 bridgehead atoms. The highest BCUT2D eigenvalue weighted by Crippen LogP contribution is 2.28. The Morgan fingerprint density at radius 1 is 1.19 bits per heavy atom. The predicted molar refractivity (Wildman–Crippen MR) is 87.0 cm³/mol. The van der Waals surface area contributed by atoms with Crippen LogP contribution in [0.5, 0.6) is 5.75 Å². The molecule has 140 valence electrons. The molecule has 9 nitrogen and oxygen atoms in total. The molecule has 0 aliphatic carbocycles. The molecule has 0 spiro atoms. The van der Waals surface area contributed by atoms with E-state index in [9.17, 15) is 24.9 Å². The predicted octanol–water partition coefficient (Wildman–Crippen LogP) is -0.197. The van der Waals surface area contributed by atoms with Gasteiger partial charge in [-0.1, -0.05) is 0 Å². The number of hydrogen-bond donors (Lipinski definition) is 4. The number of aliphatic hydroxyl groups is 3. The van der Waals surface area contributed by atoms with E-state index in [4.69, 9.17) is 30.6 Å². The minimum Gasteiger partial charge on any atom is -0.482 e. The zero-order valence-electron chi connectivity index (χ0n) is 13.1. The van der Waals surface area contributed by atoms with E-state index in [2.05, 4.69) is 0 Å². The Morgan fingerprint density at radius 2 is 1.92 bits per heavy atom. The first-order chi connectivity index (χ1) is 12.3. The Kier molecular flexibility index (Phi) is 5.17. The number of rotatable bonds is 4. The quantitative estimate of drug-likeness (QED) is 0.414. The normalized spacial score (nSPS) is 28.8. The zero-order chi connectivity index (χ0) is 19.0. The van der Waals surface area contributed by atoms with Crippen molar-refractivity contribution in [1.29, 1.82) is 0 Å². The standard InChI is InChI=1S/C16H15ClO9/c17-5-6-3-10(18)25-9-4-7(1-2-8(6)9)24-14-12(20)11(19)13(15(21)22)26-16(14)23/h1-4,11-14,16,19-20,23H,5H2,(H,21,22)/t11-,12-,13-,14+,16+/m0/s1. The Labute approximate surface area is 150 Å². The summed E-state index contributed by atoms with van der Waals surface area (Å²) in [7, 11) is 0. The van der Waals surface area contributed by atoms with E-state index in [1.807, 2.05) is 0 Å². The molecule has 2 heterocycles. The lowest BCUT2D eigenvalue weighted by molar-refractivity contribution is -0.274. The molecule has 0 radical (unpaired) electrons. The first-order valence-corrected chi connectivity index (χ1v) is 8.07. The molecule has 26 heavy (non-hydrogen) atoms. The van der Waals surface area contributed by atoms with Crippen molar-refractivity contribution in [3.05, 3.63) is 40.2 Å². The third-order valence-corrected chi connectivity index (χ3v) is 4.31. The molecule has 1 aromatic carbocycles. The average molecular weight is 387 g/mol. The maximum atomic E-state index is 11.6. The summed E-state index contributed by atoms with van der Waals surface area (Å²) >= 11 is 5.80. The first kappa shape index (κ1) is 18.6. The van der Waals surface area contributed by atoms with E-state index in [0.717, 1.165) is 0 Å². The molecule has 3 rings (SSSR count). The highest BCUT2D eigenvalue weighted by Gasteiger charge is 2.48. The third-order valence-electron chi connectivity index (χ3n) is 4.02. The van der Waals surface area contributed by atoms with Crippen LogP contribution in [0.4, 0.5) is 0 Å². The summed E-state index contributed by atoms with van der Waals surface area (Å²) in [5, 5.41) is 39.3. The second-order valence-corrected chi connectivity index (χ2v) is 6.00. The van der Waals surface area contributed by atoms with Gasteiger partial charge in [0.05, 0.1) is 0 Å². The number of fused-ring (bicyclic) bond motifs is 1. The molecule has 0 amide bonds. The van der Waals surface area contributed by atoms with Gasteiger partial charge in [-0.25, -0.2) is 9.59 Å². The van der Waals surface area contributed by atoms with Crippen molar-refractivity contribution in [1.82, 2.24) is 0 Å². The average Bonchev–Trinajstić information content (AvgIpc) is 2.60. The number of hydrogen-bond acceptors (Lipinski definition) is 8. The molecular formula is C16H15ClO9. The van der Waals surface area contributed by atoms with Crippen LogP contribution in [-0.2, 0) is 15.4 Å². The fourth-order valence-corrected chi connectivity index (χ4v) is 2.95. The minimum absolute atomic E-state index is 0.0962. The molecule has 0 unspecified atom stereocenters. The van der Waals surface area contributed by atoms with Crippen LogP contribution in [0.25, 0.3) is 11.0 Å². The summed E-state index contributed by atoms with van der Waals surface area (Å²) in [4.78, 5) is 22.5. The van der Waals surface area contributed by atoms with Gasteiger partial charge >= 0.3 is 11.6 Å². The summed E-state index contributed by atoms with van der Waals surface area (Å²) in [6, 6.07) is 5.67. The lowest BCUT2D eigenvalue weighted by Crippen LogP contribution is -2.61. The second-order valence-electron chi connectivity index (χ2n) is 5.73. The zero-order valence-corrected chi connectivity index (χ0v) is 13.9. The smallest absolute Gasteiger partial charge is 0.336 e. The van der Waals surface area contributed by atoms with E-state index < -0.39 is 42.3 Å². The molecule has 0 saturated carbocycles. The van der Waals surface area contributed by atoms with Gasteiger partial charge in [-0.2, -0.15) is 0 Å². The lowest BCUT2D eigenvalue weighted by Gasteiger charge is -2.38. The number of halogens is 1. The van der Waals surface area contributed by atoms with Crippen LogP contribution in [0.15, 0.2) is 33.5 Å². The molecule has 2 aromatic rings. The molecule has 1 saturated heterocycles. The summed E-state index contributed by atoms with van der Waals surface area (Å²) < 4.78 is 15.3. The van der Waals surface area contributed by atoms with E-state index in [1.165, 1.54) is 18.2 Å². The fourth-order valence-electron chi connectivity index (χ4n) is 2.73. The number of ether oxygens (including phenoxy) is 2. The Balaban J connectivity index is 1.89. The van der Waals surface area contributed by atoms with Gasteiger partial charge in [0, 0.05) is 23.4 Å². The molecule has 5 atom stereocenters. The van der Waals surface area contributed by atoms with E-state index in [1.54, 1.807) is 6.07 Å². The minimum atomic E-state index is -1.80. The summed E-state index contributed by atoms with van der Waals surface area (Å²) in [6.07, 6.45) is -8.58. The van der Waals surface area contributed by atoms with Crippen molar-refractivity contribution in [3.8, 4) is 5.75 Å². The fraction of sp³-hybridized carbons (Fsp3) is 0.375. The topological polar surface area (TPSA) is 147 Å². The third kappa shape index (κ3) is 3.39. The van der Waals surface area contributed by atoms with Crippen molar-refractivity contribution in [2.75, 3.05) is 0 Å². The Hall–Kier alpha value is -2.17. The summed E-state index contributed by atoms with van der Waals surface area (Å²) in [5.74, 6) is -1.34. The number of alkyl halides is 1. The molecule has 1 aromatic heterocycles. The number of carbonyl (C=O) groups is 1. The monoisotopic (exact) mass is 386 g/mol. The number of carboxylic acid groups (broad SMARTS) is 1. The molecule has 1 fully saturated rings. The summed E-state index contributed by atoms with van der Waals surface area (Å²) in [6.45, 7) is 0. The van der Waals surface area contributed by atoms with Gasteiger partial charge in [0.25, 0.3) is 0 Å². The molecule has 10 heteroatoms. The van der Waals surface area contributed by atoms with Gasteiger partial charge in [-0.15, -0.1) is 11.6 Å². The van der Waals surface area contributed by atoms with Crippen LogP contribution in [0.2, 0.25) is 0 Å². The Bertz CT molecular complexity index is 880. The highest BCUT2D eigenvalue weighted by molar-refractivity contribution is 6.17. The molecule has 1 aliphatic rings. The van der Waals surface area contributed by atoms with Crippen LogP contribution in [0, 0.1) is 0 Å². The molecule has 1 aliphatic heterocycles. The van der Waals surface area contributed by atoms with Crippen LogP contribution in [0.3, 0.4) is 0 Å². The van der Waals surface area contributed by atoms with Gasteiger partial charge in [0.15, 0.2) is 18.5 Å². The van der Waals surface area contributed by atoms with Crippen LogP contribution in [-0.4, -0.2) is 57.1 Å². The molecular weight excluding hydrogens is 372 g/mol. The van der Waals surface area contributed by atoms with E-state index in [-0.39, 0.29) is 17.2 Å². The van der Waals surface area contributed by atoms with Gasteiger partial charge < -0.3 is 34.3 Å². The van der Waals surface area contributed by atoms with Crippen LogP contribution < -0.4 is 10.4 Å². The van der Waals surface area contributed by atoms with Crippen molar-refractivity contribution < 1.29 is 39.1 Å². The van der Waals surface area contributed by atoms with Gasteiger partial charge in [-0.3, -0.25) is 0 Å². The maximum absolute atomic E-state index is 11.6. The summed E-state index contributed by atoms with van der Waals surface area (Å²) in [5.41, 5.74) is 0.131. The second kappa shape index (κ2) is 7.22. The number of benzene rings is 1. The van der Waals surface area contributed by atoms with Crippen LogP contribution in [0.1, 0.15) is 5.56 Å². The highest BCUT2D eigenvalue weighted by atomic mass is 35.5. The van der Waals surface area contributed by atoms with E-state index >= 15 is 0 Å². The van der Waals surface area contributed by atoms with Crippen molar-refractivity contribution in [3.63, 3.8) is 0 Å². The van der Waals surface area contributed by atoms with Crippen molar-refractivity contribution >= 4 is 28.5 Å². The first-order valence-electron chi connectivity index (χ1n) is 7.53. The SMILES string of the molecule is O=C(O)[C@H]1O[C@@H](O)[C@H](Oc2ccc3c(CCl)cc(=O)oc3c2)[C@@H](O)[C@@H]1O. The van der Waals surface area contributed by atoms with Crippen molar-refractivity contribution in [2.24, 2.45) is 0 Å². The largest absolute Gasteiger partial charge is 0.482 e. The lowest BCUT2D eigenvalue weighted by atomic mass is 9.99. The number of aliphatic carboxylic acids is 1. The van der Waals surface area contributed by atoms with E-state index in [0.29, 0.717) is 10.9 Å². The van der Waals surface area contributed by atoms with Crippen molar-refractivity contribution in [2.45, 2.75) is 36.6 Å². The maximum Gasteiger partial charge on any atom is 0.336 e. The van der Waals surface area contributed by atoms with Gasteiger partial charge in [0.1, 0.15) is 23.5 Å².